The third-order valence-corrected chi connectivity index (χ3v) is 3.57. The molecule has 1 aromatic heterocycles. The molecule has 1 saturated heterocycles. The Morgan fingerprint density at radius 2 is 2.16 bits per heavy atom. The highest BCUT2D eigenvalue weighted by molar-refractivity contribution is 6.30. The first kappa shape index (κ1) is 12.7. The number of nitrogens with one attached hydrogen (secondary N) is 1. The van der Waals surface area contributed by atoms with Gasteiger partial charge in [-0.2, -0.15) is 0 Å². The number of nitrogens with zero attached hydrogens (tertiary/aromatic N) is 2. The minimum atomic E-state index is 0.710. The fraction of sp³-hybridized carbons (Fsp3) is 0.357. The zero-order chi connectivity index (χ0) is 13.1. The van der Waals surface area contributed by atoms with Crippen LogP contribution in [-0.4, -0.2) is 36.2 Å². The molecule has 0 saturated carbocycles. The van der Waals surface area contributed by atoms with Crippen molar-refractivity contribution in [2.24, 2.45) is 0 Å². The van der Waals surface area contributed by atoms with Crippen LogP contribution in [0.15, 0.2) is 35.0 Å². The normalized spacial score (nSPS) is 16.7. The minimum absolute atomic E-state index is 0.710. The maximum Gasteiger partial charge on any atom is 0.171 e. The lowest BCUT2D eigenvalue weighted by atomic mass is 10.1. The van der Waals surface area contributed by atoms with E-state index in [1.807, 2.05) is 24.3 Å². The molecule has 19 heavy (non-hydrogen) atoms. The number of piperazine rings is 1. The van der Waals surface area contributed by atoms with E-state index in [0.29, 0.717) is 5.02 Å². The van der Waals surface area contributed by atoms with Crippen molar-refractivity contribution in [3.63, 3.8) is 0 Å². The fourth-order valence-corrected chi connectivity index (χ4v) is 2.54. The molecule has 1 aliphatic rings. The summed E-state index contributed by atoms with van der Waals surface area (Å²) in [6, 6.07) is 7.68. The van der Waals surface area contributed by atoms with Crippen molar-refractivity contribution in [3.05, 3.63) is 41.0 Å². The predicted octanol–water partition coefficient (Wildman–Crippen LogP) is 2.40. The Bertz CT molecular complexity index is 549. The monoisotopic (exact) mass is 277 g/mol. The summed E-state index contributed by atoms with van der Waals surface area (Å²) in [5.41, 5.74) is 2.10. The van der Waals surface area contributed by atoms with Crippen LogP contribution in [0.25, 0.3) is 11.3 Å². The van der Waals surface area contributed by atoms with E-state index in [1.165, 1.54) is 0 Å². The number of aromatic nitrogens is 1. The molecule has 0 spiro atoms. The molecule has 1 N–H and O–H groups in total. The van der Waals surface area contributed by atoms with Gasteiger partial charge in [0.05, 0.1) is 6.20 Å². The first-order valence-corrected chi connectivity index (χ1v) is 6.83. The first-order chi connectivity index (χ1) is 9.33. The number of hydrogen-bond donors (Lipinski definition) is 1. The van der Waals surface area contributed by atoms with E-state index >= 15 is 0 Å². The van der Waals surface area contributed by atoms with Crippen molar-refractivity contribution < 1.29 is 4.52 Å². The molecule has 1 fully saturated rings. The summed E-state index contributed by atoms with van der Waals surface area (Å²) in [4.78, 5) is 2.40. The third-order valence-electron chi connectivity index (χ3n) is 3.33. The lowest BCUT2D eigenvalue weighted by Crippen LogP contribution is -2.42. The molecule has 1 aromatic carbocycles. The van der Waals surface area contributed by atoms with E-state index < -0.39 is 0 Å². The van der Waals surface area contributed by atoms with E-state index in [9.17, 15) is 0 Å². The molecular formula is C14H16ClN3O. The van der Waals surface area contributed by atoms with Crippen LogP contribution in [-0.2, 0) is 6.54 Å². The molecule has 0 atom stereocenters. The highest BCUT2D eigenvalue weighted by Gasteiger charge is 2.16. The molecule has 100 valence electrons. The van der Waals surface area contributed by atoms with Gasteiger partial charge < -0.3 is 9.84 Å². The minimum Gasteiger partial charge on any atom is -0.356 e. The van der Waals surface area contributed by atoms with E-state index in [1.54, 1.807) is 6.20 Å². The van der Waals surface area contributed by atoms with Gasteiger partial charge in [-0.1, -0.05) is 28.9 Å². The van der Waals surface area contributed by atoms with Crippen molar-refractivity contribution in [3.8, 4) is 11.3 Å². The van der Waals surface area contributed by atoms with Gasteiger partial charge in [0.15, 0.2) is 5.76 Å². The Balaban J connectivity index is 1.81. The lowest BCUT2D eigenvalue weighted by molar-refractivity contribution is 0.233. The summed E-state index contributed by atoms with van der Waals surface area (Å²) in [6.07, 6.45) is 1.80. The molecule has 5 heteroatoms. The zero-order valence-corrected chi connectivity index (χ0v) is 11.4. The van der Waals surface area contributed by atoms with E-state index in [2.05, 4.69) is 15.4 Å². The predicted molar refractivity (Wildman–Crippen MR) is 75.1 cm³/mol. The van der Waals surface area contributed by atoms with Gasteiger partial charge in [0, 0.05) is 48.9 Å². The number of hydrogen-bond acceptors (Lipinski definition) is 4. The molecule has 0 bridgehead atoms. The highest BCUT2D eigenvalue weighted by Crippen LogP contribution is 2.26. The molecule has 3 rings (SSSR count). The van der Waals surface area contributed by atoms with Crippen molar-refractivity contribution in [2.45, 2.75) is 6.54 Å². The molecule has 0 amide bonds. The van der Waals surface area contributed by atoms with Gasteiger partial charge in [0.25, 0.3) is 0 Å². The Labute approximate surface area is 117 Å². The molecule has 2 aromatic rings. The van der Waals surface area contributed by atoms with Crippen molar-refractivity contribution in [2.75, 3.05) is 26.2 Å². The summed E-state index contributed by atoms with van der Waals surface area (Å²) < 4.78 is 5.40. The zero-order valence-electron chi connectivity index (χ0n) is 10.6. The van der Waals surface area contributed by atoms with Gasteiger partial charge in [-0.25, -0.2) is 0 Å². The van der Waals surface area contributed by atoms with Crippen LogP contribution in [0.2, 0.25) is 5.02 Å². The summed E-state index contributed by atoms with van der Waals surface area (Å²) in [5, 5.41) is 7.99. The quantitative estimate of drug-likeness (QED) is 0.935. The topological polar surface area (TPSA) is 41.3 Å². The molecule has 1 aliphatic heterocycles. The second-order valence-electron chi connectivity index (χ2n) is 4.72. The van der Waals surface area contributed by atoms with Gasteiger partial charge in [-0.15, -0.1) is 0 Å². The van der Waals surface area contributed by atoms with Gasteiger partial charge in [-0.05, 0) is 12.1 Å². The van der Waals surface area contributed by atoms with Crippen LogP contribution in [0, 0.1) is 0 Å². The van der Waals surface area contributed by atoms with E-state index in [0.717, 1.165) is 49.6 Å². The summed E-state index contributed by atoms with van der Waals surface area (Å²) in [5.74, 6) is 0.820. The lowest BCUT2D eigenvalue weighted by Gasteiger charge is -2.26. The smallest absolute Gasteiger partial charge is 0.171 e. The maximum atomic E-state index is 6.03. The van der Waals surface area contributed by atoms with Gasteiger partial charge >= 0.3 is 0 Å². The Hall–Kier alpha value is -1.36. The number of halogens is 1. The average molecular weight is 278 g/mol. The number of rotatable bonds is 3. The van der Waals surface area contributed by atoms with Gasteiger partial charge in [0.1, 0.15) is 0 Å². The molecule has 2 heterocycles. The fourth-order valence-electron chi connectivity index (χ4n) is 2.35. The van der Waals surface area contributed by atoms with Crippen molar-refractivity contribution in [1.82, 2.24) is 15.4 Å². The van der Waals surface area contributed by atoms with Crippen LogP contribution in [0.1, 0.15) is 5.56 Å². The Morgan fingerprint density at radius 1 is 1.32 bits per heavy atom. The van der Waals surface area contributed by atoms with Gasteiger partial charge in [0.2, 0.25) is 0 Å². The maximum absolute atomic E-state index is 6.03. The summed E-state index contributed by atoms with van der Waals surface area (Å²) >= 11 is 6.03. The Morgan fingerprint density at radius 3 is 2.95 bits per heavy atom. The van der Waals surface area contributed by atoms with Crippen molar-refractivity contribution >= 4 is 11.6 Å². The highest BCUT2D eigenvalue weighted by atomic mass is 35.5. The first-order valence-electron chi connectivity index (χ1n) is 6.45. The van der Waals surface area contributed by atoms with Crippen LogP contribution in [0.3, 0.4) is 0 Å². The Kier molecular flexibility index (Phi) is 3.82. The van der Waals surface area contributed by atoms with E-state index in [4.69, 9.17) is 16.1 Å². The summed E-state index contributed by atoms with van der Waals surface area (Å²) in [6.45, 7) is 5.06. The molecule has 0 unspecified atom stereocenters. The standard InChI is InChI=1S/C14H16ClN3O/c15-13-3-1-2-11(8-13)14-12(9-17-19-14)10-18-6-4-16-5-7-18/h1-3,8-9,16H,4-7,10H2. The van der Waals surface area contributed by atoms with Crippen LogP contribution in [0.4, 0.5) is 0 Å². The SMILES string of the molecule is Clc1cccc(-c2oncc2CN2CCNCC2)c1. The molecule has 0 radical (unpaired) electrons. The molecule has 4 nitrogen and oxygen atoms in total. The third kappa shape index (κ3) is 2.97. The van der Waals surface area contributed by atoms with Crippen LogP contribution >= 0.6 is 11.6 Å². The number of benzene rings is 1. The molecular weight excluding hydrogens is 262 g/mol. The molecule has 0 aliphatic carbocycles. The second-order valence-corrected chi connectivity index (χ2v) is 5.15. The summed E-state index contributed by atoms with van der Waals surface area (Å²) in [7, 11) is 0. The van der Waals surface area contributed by atoms with Crippen LogP contribution in [0.5, 0.6) is 0 Å². The average Bonchev–Trinajstić information content (AvgIpc) is 2.88. The largest absolute Gasteiger partial charge is 0.356 e. The van der Waals surface area contributed by atoms with Crippen molar-refractivity contribution in [1.29, 1.82) is 0 Å². The van der Waals surface area contributed by atoms with Gasteiger partial charge in [-0.3, -0.25) is 4.90 Å². The van der Waals surface area contributed by atoms with Crippen LogP contribution < -0.4 is 5.32 Å². The van der Waals surface area contributed by atoms with E-state index in [-0.39, 0.29) is 0 Å². The second kappa shape index (κ2) is 5.74.